The quantitative estimate of drug-likeness (QED) is 0.836. The third-order valence-corrected chi connectivity index (χ3v) is 4.19. The van der Waals surface area contributed by atoms with Gasteiger partial charge in [-0.2, -0.15) is 5.10 Å². The highest BCUT2D eigenvalue weighted by molar-refractivity contribution is 6.05. The summed E-state index contributed by atoms with van der Waals surface area (Å²) < 4.78 is 0. The SMILES string of the molecule is Nc1ccc2[nH]nc(C(=O)N(CC3CC3)C3CC3)c2c1. The summed E-state index contributed by atoms with van der Waals surface area (Å²) in [6.45, 7) is 0.889. The number of hydrogen-bond acceptors (Lipinski definition) is 3. The van der Waals surface area contributed by atoms with Crippen LogP contribution in [-0.4, -0.2) is 33.6 Å². The Balaban J connectivity index is 1.69. The first kappa shape index (κ1) is 11.8. The first-order valence-corrected chi connectivity index (χ1v) is 7.27. The highest BCUT2D eigenvalue weighted by Gasteiger charge is 2.37. The number of nitrogens with one attached hydrogen (secondary N) is 1. The summed E-state index contributed by atoms with van der Waals surface area (Å²) in [5.74, 6) is 0.756. The van der Waals surface area contributed by atoms with Gasteiger partial charge in [0, 0.05) is 23.7 Å². The molecule has 0 spiro atoms. The van der Waals surface area contributed by atoms with Crippen molar-refractivity contribution in [3.05, 3.63) is 23.9 Å². The number of hydrogen-bond donors (Lipinski definition) is 2. The molecule has 2 aromatic rings. The highest BCUT2D eigenvalue weighted by atomic mass is 16.2. The van der Waals surface area contributed by atoms with Gasteiger partial charge in [0.2, 0.25) is 0 Å². The number of amides is 1. The standard InChI is InChI=1S/C15H18N4O/c16-10-3-6-13-12(7-10)14(18-17-13)15(20)19(11-4-5-11)8-9-1-2-9/h3,6-7,9,11H,1-2,4-5,8,16H2,(H,17,18). The van der Waals surface area contributed by atoms with Crippen molar-refractivity contribution in [1.29, 1.82) is 0 Å². The molecule has 1 amide bonds. The first-order chi connectivity index (χ1) is 9.72. The lowest BCUT2D eigenvalue weighted by atomic mass is 10.1. The second kappa shape index (κ2) is 4.23. The lowest BCUT2D eigenvalue weighted by Gasteiger charge is -2.21. The van der Waals surface area contributed by atoms with Crippen LogP contribution < -0.4 is 5.73 Å². The number of fused-ring (bicyclic) bond motifs is 1. The predicted molar refractivity (Wildman–Crippen MR) is 77.3 cm³/mol. The molecule has 4 rings (SSSR count). The topological polar surface area (TPSA) is 75.0 Å². The average molecular weight is 270 g/mol. The van der Waals surface area contributed by atoms with E-state index in [0.29, 0.717) is 23.3 Å². The van der Waals surface area contributed by atoms with E-state index in [1.165, 1.54) is 12.8 Å². The summed E-state index contributed by atoms with van der Waals surface area (Å²) in [5, 5.41) is 7.98. The maximum atomic E-state index is 12.8. The van der Waals surface area contributed by atoms with Crippen LogP contribution in [0.1, 0.15) is 36.2 Å². The fourth-order valence-corrected chi connectivity index (χ4v) is 2.69. The molecule has 104 valence electrons. The number of nitrogens with zero attached hydrogens (tertiary/aromatic N) is 2. The molecule has 2 aliphatic carbocycles. The van der Waals surface area contributed by atoms with Crippen LogP contribution in [0.5, 0.6) is 0 Å². The molecule has 0 unspecified atom stereocenters. The van der Waals surface area contributed by atoms with E-state index in [4.69, 9.17) is 5.73 Å². The third-order valence-electron chi connectivity index (χ3n) is 4.19. The Kier molecular flexibility index (Phi) is 2.49. The fourth-order valence-electron chi connectivity index (χ4n) is 2.69. The van der Waals surface area contributed by atoms with Gasteiger partial charge < -0.3 is 10.6 Å². The summed E-state index contributed by atoms with van der Waals surface area (Å²) in [6.07, 6.45) is 4.77. The van der Waals surface area contributed by atoms with E-state index in [0.717, 1.165) is 30.3 Å². The molecule has 2 saturated carbocycles. The molecule has 0 aliphatic heterocycles. The molecule has 5 heteroatoms. The van der Waals surface area contributed by atoms with Crippen molar-refractivity contribution in [1.82, 2.24) is 15.1 Å². The van der Waals surface area contributed by atoms with Gasteiger partial charge in [-0.3, -0.25) is 9.89 Å². The normalized spacial score (nSPS) is 18.4. The zero-order valence-electron chi connectivity index (χ0n) is 11.3. The van der Waals surface area contributed by atoms with Crippen LogP contribution in [0.2, 0.25) is 0 Å². The Morgan fingerprint density at radius 1 is 1.35 bits per heavy atom. The first-order valence-electron chi connectivity index (χ1n) is 7.27. The van der Waals surface area contributed by atoms with Crippen LogP contribution in [0.3, 0.4) is 0 Å². The zero-order valence-corrected chi connectivity index (χ0v) is 11.3. The van der Waals surface area contributed by atoms with E-state index in [1.54, 1.807) is 0 Å². The fraction of sp³-hybridized carbons (Fsp3) is 0.467. The number of rotatable bonds is 4. The van der Waals surface area contributed by atoms with Gasteiger partial charge in [0.25, 0.3) is 5.91 Å². The molecule has 0 atom stereocenters. The van der Waals surface area contributed by atoms with Gasteiger partial charge >= 0.3 is 0 Å². The lowest BCUT2D eigenvalue weighted by molar-refractivity contribution is 0.0730. The lowest BCUT2D eigenvalue weighted by Crippen LogP contribution is -2.35. The number of anilines is 1. The number of carbonyl (C=O) groups excluding carboxylic acids is 1. The number of aromatic amines is 1. The molecule has 1 heterocycles. The Bertz CT molecular complexity index is 670. The maximum absolute atomic E-state index is 12.8. The Morgan fingerprint density at radius 2 is 2.15 bits per heavy atom. The molecular formula is C15H18N4O. The summed E-state index contributed by atoms with van der Waals surface area (Å²) in [4.78, 5) is 14.8. The van der Waals surface area contributed by atoms with Crippen molar-refractivity contribution in [3.8, 4) is 0 Å². The van der Waals surface area contributed by atoms with Gasteiger partial charge in [-0.15, -0.1) is 0 Å². The minimum absolute atomic E-state index is 0.0521. The summed E-state index contributed by atoms with van der Waals surface area (Å²) >= 11 is 0. The Morgan fingerprint density at radius 3 is 2.85 bits per heavy atom. The van der Waals surface area contributed by atoms with E-state index < -0.39 is 0 Å². The largest absolute Gasteiger partial charge is 0.399 e. The monoisotopic (exact) mass is 270 g/mol. The molecule has 0 saturated heterocycles. The smallest absolute Gasteiger partial charge is 0.275 e. The summed E-state index contributed by atoms with van der Waals surface area (Å²) in [7, 11) is 0. The molecule has 20 heavy (non-hydrogen) atoms. The van der Waals surface area contributed by atoms with E-state index in [2.05, 4.69) is 10.2 Å². The molecule has 0 radical (unpaired) electrons. The van der Waals surface area contributed by atoms with Crippen molar-refractivity contribution in [2.45, 2.75) is 31.7 Å². The highest BCUT2D eigenvalue weighted by Crippen LogP contribution is 2.36. The molecule has 5 nitrogen and oxygen atoms in total. The molecule has 1 aromatic heterocycles. The molecular weight excluding hydrogens is 252 g/mol. The number of nitrogen functional groups attached to an aromatic ring is 1. The van der Waals surface area contributed by atoms with Crippen LogP contribution in [0.25, 0.3) is 10.9 Å². The molecule has 0 bridgehead atoms. The van der Waals surface area contributed by atoms with Crippen LogP contribution in [0.4, 0.5) is 5.69 Å². The van der Waals surface area contributed by atoms with Crippen molar-refractivity contribution in [3.63, 3.8) is 0 Å². The zero-order chi connectivity index (χ0) is 13.7. The summed E-state index contributed by atoms with van der Waals surface area (Å²) in [6, 6.07) is 5.94. The number of aromatic nitrogens is 2. The van der Waals surface area contributed by atoms with Crippen LogP contribution in [0, 0.1) is 5.92 Å². The maximum Gasteiger partial charge on any atom is 0.275 e. The summed E-state index contributed by atoms with van der Waals surface area (Å²) in [5.41, 5.74) is 7.86. The number of H-pyrrole nitrogens is 1. The second-order valence-corrected chi connectivity index (χ2v) is 6.01. The van der Waals surface area contributed by atoms with Gasteiger partial charge in [0.1, 0.15) is 0 Å². The van der Waals surface area contributed by atoms with Crippen LogP contribution in [0.15, 0.2) is 18.2 Å². The second-order valence-electron chi connectivity index (χ2n) is 6.01. The van der Waals surface area contributed by atoms with Crippen molar-refractivity contribution < 1.29 is 4.79 Å². The van der Waals surface area contributed by atoms with E-state index in [-0.39, 0.29) is 5.91 Å². The number of benzene rings is 1. The van der Waals surface area contributed by atoms with E-state index in [1.807, 2.05) is 23.1 Å². The Hall–Kier alpha value is -2.04. The third kappa shape index (κ3) is 2.03. The van der Waals surface area contributed by atoms with Crippen molar-refractivity contribution in [2.24, 2.45) is 5.92 Å². The van der Waals surface area contributed by atoms with E-state index in [9.17, 15) is 4.79 Å². The van der Waals surface area contributed by atoms with Gasteiger partial charge in [0.15, 0.2) is 5.69 Å². The number of nitrogens with two attached hydrogens (primary N) is 1. The van der Waals surface area contributed by atoms with Crippen LogP contribution >= 0.6 is 0 Å². The van der Waals surface area contributed by atoms with Crippen molar-refractivity contribution >= 4 is 22.5 Å². The molecule has 3 N–H and O–H groups in total. The van der Waals surface area contributed by atoms with Crippen LogP contribution in [-0.2, 0) is 0 Å². The van der Waals surface area contributed by atoms with Gasteiger partial charge in [-0.25, -0.2) is 0 Å². The van der Waals surface area contributed by atoms with Gasteiger partial charge in [-0.1, -0.05) is 0 Å². The molecule has 2 fully saturated rings. The Labute approximate surface area is 117 Å². The van der Waals surface area contributed by atoms with Gasteiger partial charge in [-0.05, 0) is 49.8 Å². The molecule has 2 aliphatic rings. The predicted octanol–water partition coefficient (Wildman–Crippen LogP) is 2.16. The minimum atomic E-state index is 0.0521. The van der Waals surface area contributed by atoms with Gasteiger partial charge in [0.05, 0.1) is 5.52 Å². The minimum Gasteiger partial charge on any atom is -0.399 e. The number of carbonyl (C=O) groups is 1. The van der Waals surface area contributed by atoms with E-state index >= 15 is 0 Å². The van der Waals surface area contributed by atoms with Crippen molar-refractivity contribution in [2.75, 3.05) is 12.3 Å². The molecule has 1 aromatic carbocycles. The average Bonchev–Trinajstić information content (AvgIpc) is 3.33.